The Labute approximate surface area is 130 Å². The quantitative estimate of drug-likeness (QED) is 0.532. The zero-order valence-corrected chi connectivity index (χ0v) is 13.1. The van der Waals surface area contributed by atoms with Gasteiger partial charge in [0.15, 0.2) is 0 Å². The summed E-state index contributed by atoms with van der Waals surface area (Å²) in [5.41, 5.74) is -0.171. The van der Waals surface area contributed by atoms with E-state index in [9.17, 15) is 10.1 Å². The second kappa shape index (κ2) is 5.85. The molecule has 1 aromatic heterocycles. The molecule has 2 aromatic rings. The minimum Gasteiger partial charge on any atom is -0.429 e. The molecule has 1 heterocycles. The van der Waals surface area contributed by atoms with Crippen molar-refractivity contribution in [3.8, 4) is 11.6 Å². The van der Waals surface area contributed by atoms with E-state index < -0.39 is 4.92 Å². The van der Waals surface area contributed by atoms with Gasteiger partial charge in [-0.05, 0) is 44.0 Å². The molecule has 5 nitrogen and oxygen atoms in total. The van der Waals surface area contributed by atoms with E-state index in [0.29, 0.717) is 8.95 Å². The standard InChI is InChI=1S/C11H5Br2ClN2O3/c12-6-4-8(14)11(15-5-6)19-10-7(13)2-1-3-9(10)16(17)18/h1-5H. The Balaban J connectivity index is 2.46. The number of halogens is 3. The van der Waals surface area contributed by atoms with Crippen molar-refractivity contribution in [1.29, 1.82) is 0 Å². The molecule has 0 N–H and O–H groups in total. The molecule has 0 aliphatic rings. The van der Waals surface area contributed by atoms with E-state index in [0.717, 1.165) is 0 Å². The van der Waals surface area contributed by atoms with Gasteiger partial charge in [-0.2, -0.15) is 0 Å². The predicted molar refractivity (Wildman–Crippen MR) is 77.8 cm³/mol. The summed E-state index contributed by atoms with van der Waals surface area (Å²) in [7, 11) is 0. The van der Waals surface area contributed by atoms with Crippen LogP contribution in [-0.2, 0) is 0 Å². The van der Waals surface area contributed by atoms with Crippen molar-refractivity contribution in [2.45, 2.75) is 0 Å². The van der Waals surface area contributed by atoms with Gasteiger partial charge in [-0.25, -0.2) is 4.98 Å². The van der Waals surface area contributed by atoms with Crippen LogP contribution in [0.2, 0.25) is 5.02 Å². The van der Waals surface area contributed by atoms with E-state index in [1.165, 1.54) is 12.3 Å². The van der Waals surface area contributed by atoms with Crippen LogP contribution in [0.1, 0.15) is 0 Å². The van der Waals surface area contributed by atoms with Gasteiger partial charge in [0.1, 0.15) is 5.02 Å². The van der Waals surface area contributed by atoms with Crippen LogP contribution in [0.5, 0.6) is 11.6 Å². The number of ether oxygens (including phenoxy) is 1. The average molecular weight is 408 g/mol. The van der Waals surface area contributed by atoms with Crippen LogP contribution >= 0.6 is 43.5 Å². The van der Waals surface area contributed by atoms with E-state index in [-0.39, 0.29) is 22.3 Å². The number of benzene rings is 1. The number of para-hydroxylation sites is 1. The Kier molecular flexibility index (Phi) is 4.38. The van der Waals surface area contributed by atoms with Gasteiger partial charge in [0, 0.05) is 16.7 Å². The summed E-state index contributed by atoms with van der Waals surface area (Å²) in [6.45, 7) is 0. The second-order valence-corrected chi connectivity index (χ2v) is 5.56. The Bertz CT molecular complexity index is 652. The fourth-order valence-electron chi connectivity index (χ4n) is 1.32. The first-order valence-electron chi connectivity index (χ1n) is 4.91. The highest BCUT2D eigenvalue weighted by Crippen LogP contribution is 2.39. The van der Waals surface area contributed by atoms with E-state index in [2.05, 4.69) is 36.8 Å². The lowest BCUT2D eigenvalue weighted by molar-refractivity contribution is -0.385. The van der Waals surface area contributed by atoms with Gasteiger partial charge in [-0.3, -0.25) is 10.1 Å². The lowest BCUT2D eigenvalue weighted by Crippen LogP contribution is -1.96. The number of hydrogen-bond acceptors (Lipinski definition) is 4. The van der Waals surface area contributed by atoms with Crippen molar-refractivity contribution >= 4 is 49.1 Å². The predicted octanol–water partition coefficient (Wildman–Crippen LogP) is 4.96. The summed E-state index contributed by atoms with van der Waals surface area (Å²) in [5.74, 6) is 0.157. The zero-order valence-electron chi connectivity index (χ0n) is 9.14. The van der Waals surface area contributed by atoms with E-state index in [1.807, 2.05) is 0 Å². The third kappa shape index (κ3) is 3.23. The smallest absolute Gasteiger partial charge is 0.312 e. The molecule has 0 spiro atoms. The maximum absolute atomic E-state index is 10.9. The highest BCUT2D eigenvalue weighted by molar-refractivity contribution is 9.10. The molecule has 0 bridgehead atoms. The molecule has 2 rings (SSSR count). The maximum Gasteiger partial charge on any atom is 0.312 e. The molecule has 0 amide bonds. The Hall–Kier alpha value is -1.18. The Morgan fingerprint density at radius 3 is 2.74 bits per heavy atom. The highest BCUT2D eigenvalue weighted by atomic mass is 79.9. The number of aromatic nitrogens is 1. The fraction of sp³-hybridized carbons (Fsp3) is 0. The minimum absolute atomic E-state index is 0.0595. The minimum atomic E-state index is -0.535. The van der Waals surface area contributed by atoms with Gasteiger partial charge in [-0.15, -0.1) is 0 Å². The first kappa shape index (κ1) is 14.2. The lowest BCUT2D eigenvalue weighted by Gasteiger charge is -2.08. The number of nitro benzene ring substituents is 1. The SMILES string of the molecule is O=[N+]([O-])c1cccc(Br)c1Oc1ncc(Br)cc1Cl. The van der Waals surface area contributed by atoms with E-state index in [4.69, 9.17) is 16.3 Å². The molecule has 19 heavy (non-hydrogen) atoms. The normalized spacial score (nSPS) is 10.3. The first-order chi connectivity index (χ1) is 8.99. The van der Waals surface area contributed by atoms with Crippen LogP contribution < -0.4 is 4.74 Å². The van der Waals surface area contributed by atoms with Crippen molar-refractivity contribution in [2.24, 2.45) is 0 Å². The van der Waals surface area contributed by atoms with E-state index in [1.54, 1.807) is 18.2 Å². The van der Waals surface area contributed by atoms with Crippen LogP contribution in [0, 0.1) is 10.1 Å². The van der Waals surface area contributed by atoms with Crippen LogP contribution in [0.3, 0.4) is 0 Å². The summed E-state index contributed by atoms with van der Waals surface area (Å²) in [4.78, 5) is 14.4. The van der Waals surface area contributed by atoms with Gasteiger partial charge < -0.3 is 4.74 Å². The maximum atomic E-state index is 10.9. The molecule has 0 saturated heterocycles. The number of hydrogen-bond donors (Lipinski definition) is 0. The van der Waals surface area contributed by atoms with Gasteiger partial charge in [-0.1, -0.05) is 17.7 Å². The zero-order chi connectivity index (χ0) is 14.0. The molecular formula is C11H5Br2ClN2O3. The molecule has 0 radical (unpaired) electrons. The third-order valence-corrected chi connectivity index (χ3v) is 3.44. The topological polar surface area (TPSA) is 65.3 Å². The number of nitro groups is 1. The molecule has 1 aromatic carbocycles. The summed E-state index contributed by atoms with van der Waals surface area (Å²) in [5, 5.41) is 11.2. The lowest BCUT2D eigenvalue weighted by atomic mass is 10.3. The van der Waals surface area contributed by atoms with Crippen molar-refractivity contribution in [3.63, 3.8) is 0 Å². The van der Waals surface area contributed by atoms with Crippen LogP contribution in [0.4, 0.5) is 5.69 Å². The number of pyridine rings is 1. The first-order valence-corrected chi connectivity index (χ1v) is 6.87. The Morgan fingerprint density at radius 2 is 2.11 bits per heavy atom. The van der Waals surface area contributed by atoms with Crippen molar-refractivity contribution in [1.82, 2.24) is 4.98 Å². The molecule has 0 fully saturated rings. The third-order valence-electron chi connectivity index (χ3n) is 2.12. The Morgan fingerprint density at radius 1 is 1.37 bits per heavy atom. The second-order valence-electron chi connectivity index (χ2n) is 3.39. The average Bonchev–Trinajstić information content (AvgIpc) is 2.34. The van der Waals surface area contributed by atoms with E-state index >= 15 is 0 Å². The fourth-order valence-corrected chi connectivity index (χ4v) is 2.42. The van der Waals surface area contributed by atoms with Crippen molar-refractivity contribution in [3.05, 3.63) is 54.5 Å². The molecule has 8 heteroatoms. The summed E-state index contributed by atoms with van der Waals surface area (Å²) < 4.78 is 6.57. The molecular weight excluding hydrogens is 403 g/mol. The molecule has 0 unspecified atom stereocenters. The van der Waals surface area contributed by atoms with Crippen LogP contribution in [0.15, 0.2) is 39.4 Å². The molecule has 0 aliphatic heterocycles. The van der Waals surface area contributed by atoms with Crippen molar-refractivity contribution in [2.75, 3.05) is 0 Å². The summed E-state index contributed by atoms with van der Waals surface area (Å²) >= 11 is 12.4. The van der Waals surface area contributed by atoms with Crippen molar-refractivity contribution < 1.29 is 9.66 Å². The highest BCUT2D eigenvalue weighted by Gasteiger charge is 2.20. The summed E-state index contributed by atoms with van der Waals surface area (Å²) in [6, 6.07) is 6.11. The number of rotatable bonds is 3. The van der Waals surface area contributed by atoms with Gasteiger partial charge in [0.2, 0.25) is 11.6 Å². The molecule has 98 valence electrons. The van der Waals surface area contributed by atoms with Crippen LogP contribution in [0.25, 0.3) is 0 Å². The van der Waals surface area contributed by atoms with Gasteiger partial charge in [0.05, 0.1) is 9.40 Å². The van der Waals surface area contributed by atoms with Gasteiger partial charge >= 0.3 is 5.69 Å². The molecule has 0 aliphatic carbocycles. The van der Waals surface area contributed by atoms with Gasteiger partial charge in [0.25, 0.3) is 0 Å². The van der Waals surface area contributed by atoms with Crippen LogP contribution in [-0.4, -0.2) is 9.91 Å². The number of nitrogens with zero attached hydrogens (tertiary/aromatic N) is 2. The largest absolute Gasteiger partial charge is 0.429 e. The molecule has 0 saturated carbocycles. The monoisotopic (exact) mass is 406 g/mol. The molecule has 0 atom stereocenters. The summed E-state index contributed by atoms with van der Waals surface area (Å²) in [6.07, 6.45) is 1.49.